The number of nitrogens with zero attached hydrogens (tertiary/aromatic N) is 2. The van der Waals surface area contributed by atoms with Gasteiger partial charge in [0.15, 0.2) is 11.5 Å². The van der Waals surface area contributed by atoms with Gasteiger partial charge in [0, 0.05) is 11.8 Å². The topological polar surface area (TPSA) is 109 Å². The van der Waals surface area contributed by atoms with Crippen molar-refractivity contribution >= 4 is 39.1 Å². The maximum atomic E-state index is 12.9. The molecule has 0 bridgehead atoms. The number of benzene rings is 1. The zero-order chi connectivity index (χ0) is 22.7. The van der Waals surface area contributed by atoms with Crippen molar-refractivity contribution in [3.63, 3.8) is 0 Å². The van der Waals surface area contributed by atoms with E-state index in [1.54, 1.807) is 39.0 Å². The monoisotopic (exact) mass is 445 g/mol. The van der Waals surface area contributed by atoms with Crippen molar-refractivity contribution in [2.75, 3.05) is 19.5 Å². The Bertz CT molecular complexity index is 1200. The second-order valence-electron chi connectivity index (χ2n) is 6.99. The number of anilines is 1. The number of nitrogens with one attached hydrogen (secondary N) is 1. The van der Waals surface area contributed by atoms with Gasteiger partial charge in [0.25, 0.3) is 5.56 Å². The smallest absolute Gasteiger partial charge is 0.348 e. The van der Waals surface area contributed by atoms with Gasteiger partial charge in [-0.15, -0.1) is 11.3 Å². The van der Waals surface area contributed by atoms with Crippen LogP contribution in [-0.4, -0.2) is 41.8 Å². The molecule has 1 amide bonds. The van der Waals surface area contributed by atoms with E-state index in [2.05, 4.69) is 10.3 Å². The predicted molar refractivity (Wildman–Crippen MR) is 117 cm³/mol. The fourth-order valence-corrected chi connectivity index (χ4v) is 4.03. The SMILES string of the molecule is COc1ccc(NC(=O)Cn2cnc3sc(C(=O)OC(C)C)c(C)c3c2=O)cc1OC. The highest BCUT2D eigenvalue weighted by Crippen LogP contribution is 2.30. The lowest BCUT2D eigenvalue weighted by molar-refractivity contribution is -0.116. The van der Waals surface area contributed by atoms with Crippen LogP contribution in [0.3, 0.4) is 0 Å². The Hall–Kier alpha value is -3.40. The van der Waals surface area contributed by atoms with Gasteiger partial charge in [0.1, 0.15) is 16.3 Å². The van der Waals surface area contributed by atoms with E-state index in [0.29, 0.717) is 37.8 Å². The highest BCUT2D eigenvalue weighted by Gasteiger charge is 2.21. The average Bonchev–Trinajstić information content (AvgIpc) is 3.06. The third-order valence-corrected chi connectivity index (χ3v) is 5.61. The predicted octanol–water partition coefficient (Wildman–Crippen LogP) is 2.99. The lowest BCUT2D eigenvalue weighted by Crippen LogP contribution is -2.28. The number of aryl methyl sites for hydroxylation is 1. The quantitative estimate of drug-likeness (QED) is 0.557. The van der Waals surface area contributed by atoms with E-state index in [4.69, 9.17) is 14.2 Å². The van der Waals surface area contributed by atoms with Gasteiger partial charge in [0.2, 0.25) is 5.91 Å². The number of carbonyl (C=O) groups is 2. The summed E-state index contributed by atoms with van der Waals surface area (Å²) in [6.45, 7) is 4.94. The molecule has 0 saturated heterocycles. The van der Waals surface area contributed by atoms with Gasteiger partial charge >= 0.3 is 5.97 Å². The Balaban J connectivity index is 1.84. The molecule has 0 aliphatic rings. The number of carbonyl (C=O) groups excluding carboxylic acids is 2. The van der Waals surface area contributed by atoms with Crippen LogP contribution in [0.1, 0.15) is 29.1 Å². The summed E-state index contributed by atoms with van der Waals surface area (Å²) < 4.78 is 16.8. The summed E-state index contributed by atoms with van der Waals surface area (Å²) in [4.78, 5) is 42.7. The molecule has 0 atom stereocenters. The first-order valence-corrected chi connectivity index (χ1v) is 10.3. The van der Waals surface area contributed by atoms with Crippen LogP contribution in [-0.2, 0) is 16.1 Å². The summed E-state index contributed by atoms with van der Waals surface area (Å²) in [5.74, 6) is 0.0943. The lowest BCUT2D eigenvalue weighted by Gasteiger charge is -2.11. The molecule has 3 aromatic rings. The van der Waals surface area contributed by atoms with Crippen LogP contribution in [0.5, 0.6) is 11.5 Å². The molecule has 2 heterocycles. The number of aromatic nitrogens is 2. The maximum Gasteiger partial charge on any atom is 0.348 e. The molecule has 0 fully saturated rings. The summed E-state index contributed by atoms with van der Waals surface area (Å²) in [7, 11) is 3.02. The summed E-state index contributed by atoms with van der Waals surface area (Å²) >= 11 is 1.10. The zero-order valence-electron chi connectivity index (χ0n) is 17.8. The number of ether oxygens (including phenoxy) is 3. The van der Waals surface area contributed by atoms with Crippen molar-refractivity contribution < 1.29 is 23.8 Å². The first kappa shape index (κ1) is 22.3. The third kappa shape index (κ3) is 4.69. The second-order valence-corrected chi connectivity index (χ2v) is 7.99. The number of hydrogen-bond acceptors (Lipinski definition) is 8. The summed E-state index contributed by atoms with van der Waals surface area (Å²) in [5, 5.41) is 3.03. The Morgan fingerprint density at radius 1 is 1.19 bits per heavy atom. The molecule has 9 nitrogen and oxygen atoms in total. The average molecular weight is 445 g/mol. The van der Waals surface area contributed by atoms with E-state index >= 15 is 0 Å². The van der Waals surface area contributed by atoms with Crippen molar-refractivity contribution in [2.45, 2.75) is 33.4 Å². The molecule has 0 radical (unpaired) electrons. The highest BCUT2D eigenvalue weighted by molar-refractivity contribution is 7.20. The molecule has 2 aromatic heterocycles. The number of thiophene rings is 1. The van der Waals surface area contributed by atoms with E-state index in [1.165, 1.54) is 25.1 Å². The van der Waals surface area contributed by atoms with Crippen molar-refractivity contribution in [1.29, 1.82) is 0 Å². The Morgan fingerprint density at radius 3 is 2.55 bits per heavy atom. The molecular weight excluding hydrogens is 422 g/mol. The van der Waals surface area contributed by atoms with Crippen LogP contribution in [0.15, 0.2) is 29.3 Å². The van der Waals surface area contributed by atoms with Gasteiger partial charge in [-0.1, -0.05) is 0 Å². The van der Waals surface area contributed by atoms with Crippen LogP contribution < -0.4 is 20.3 Å². The minimum absolute atomic E-state index is 0.239. The van der Waals surface area contributed by atoms with Crippen molar-refractivity contribution in [2.24, 2.45) is 0 Å². The van der Waals surface area contributed by atoms with Gasteiger partial charge in [-0.3, -0.25) is 14.2 Å². The molecule has 1 aromatic carbocycles. The van der Waals surface area contributed by atoms with Crippen LogP contribution in [0.25, 0.3) is 10.2 Å². The zero-order valence-corrected chi connectivity index (χ0v) is 18.7. The maximum absolute atomic E-state index is 12.9. The van der Waals surface area contributed by atoms with Gasteiger partial charge in [-0.05, 0) is 38.5 Å². The van der Waals surface area contributed by atoms with E-state index in [1.807, 2.05) is 0 Å². The van der Waals surface area contributed by atoms with E-state index < -0.39 is 17.4 Å². The number of esters is 1. The van der Waals surface area contributed by atoms with E-state index in [9.17, 15) is 14.4 Å². The van der Waals surface area contributed by atoms with Gasteiger partial charge in [-0.25, -0.2) is 9.78 Å². The first-order valence-electron chi connectivity index (χ1n) is 9.46. The number of fused-ring (bicyclic) bond motifs is 1. The fraction of sp³-hybridized carbons (Fsp3) is 0.333. The lowest BCUT2D eigenvalue weighted by atomic mass is 10.2. The van der Waals surface area contributed by atoms with Crippen molar-refractivity contribution in [1.82, 2.24) is 9.55 Å². The molecule has 3 rings (SSSR count). The largest absolute Gasteiger partial charge is 0.493 e. The Kier molecular flexibility index (Phi) is 6.59. The summed E-state index contributed by atoms with van der Waals surface area (Å²) in [5.41, 5.74) is 0.595. The minimum atomic E-state index is -0.493. The number of methoxy groups -OCH3 is 2. The molecular formula is C21H23N3O6S. The standard InChI is InChI=1S/C21H23N3O6S/c1-11(2)30-21(27)18-12(3)17-19(31-18)22-10-24(20(17)26)9-16(25)23-13-6-7-14(28-4)15(8-13)29-5/h6-8,10-11H,9H2,1-5H3,(H,23,25). The molecule has 1 N–H and O–H groups in total. The van der Waals surface area contributed by atoms with Crippen LogP contribution >= 0.6 is 11.3 Å². The molecule has 0 aliphatic carbocycles. The van der Waals surface area contributed by atoms with E-state index in [0.717, 1.165) is 11.3 Å². The first-order chi connectivity index (χ1) is 14.7. The third-order valence-electron chi connectivity index (χ3n) is 4.43. The fourth-order valence-electron chi connectivity index (χ4n) is 3.00. The molecule has 0 saturated carbocycles. The van der Waals surface area contributed by atoms with Crippen LogP contribution in [0.2, 0.25) is 0 Å². The molecule has 0 spiro atoms. The summed E-state index contributed by atoms with van der Waals surface area (Å²) in [6.07, 6.45) is 1.02. The molecule has 0 aliphatic heterocycles. The van der Waals surface area contributed by atoms with Gasteiger partial charge < -0.3 is 19.5 Å². The minimum Gasteiger partial charge on any atom is -0.493 e. The van der Waals surface area contributed by atoms with Crippen molar-refractivity contribution in [3.05, 3.63) is 45.3 Å². The Morgan fingerprint density at radius 2 is 1.90 bits per heavy atom. The molecule has 0 unspecified atom stereocenters. The number of amides is 1. The highest BCUT2D eigenvalue weighted by atomic mass is 32.1. The number of rotatable bonds is 7. The molecule has 10 heteroatoms. The van der Waals surface area contributed by atoms with Gasteiger partial charge in [0.05, 0.1) is 32.0 Å². The van der Waals surface area contributed by atoms with Gasteiger partial charge in [-0.2, -0.15) is 0 Å². The number of hydrogen-bond donors (Lipinski definition) is 1. The second kappa shape index (κ2) is 9.17. The normalized spacial score (nSPS) is 10.9. The van der Waals surface area contributed by atoms with Crippen LogP contribution in [0.4, 0.5) is 5.69 Å². The molecule has 31 heavy (non-hydrogen) atoms. The Labute approximate surface area is 182 Å². The van der Waals surface area contributed by atoms with Crippen LogP contribution in [0, 0.1) is 6.92 Å². The van der Waals surface area contributed by atoms with Crippen molar-refractivity contribution in [3.8, 4) is 11.5 Å². The summed E-state index contributed by atoms with van der Waals surface area (Å²) in [6, 6.07) is 4.95. The molecule has 164 valence electrons. The van der Waals surface area contributed by atoms with E-state index in [-0.39, 0.29) is 12.6 Å².